The largest absolute Gasteiger partial charge is 0.494 e. The Hall–Kier alpha value is -4.86. The molecule has 0 aliphatic heterocycles. The van der Waals surface area contributed by atoms with Gasteiger partial charge in [0.05, 0.1) is 23.3 Å². The van der Waals surface area contributed by atoms with E-state index in [2.05, 4.69) is 18.6 Å². The fraction of sp³-hybridized carbons (Fsp3) is 0.432. The van der Waals surface area contributed by atoms with Crippen LogP contribution < -0.4 is 14.2 Å². The molecular weight excluding hydrogens is 697 g/mol. The molecule has 0 radical (unpaired) electrons. The van der Waals surface area contributed by atoms with Crippen molar-refractivity contribution in [3.8, 4) is 17.2 Å². The quantitative estimate of drug-likeness (QED) is 0.0424. The Morgan fingerprint density at radius 3 is 1.65 bits per heavy atom. The number of benzene rings is 4. The van der Waals surface area contributed by atoms with E-state index in [1.165, 1.54) is 44.2 Å². The second kappa shape index (κ2) is 21.7. The number of halogens is 3. The zero-order valence-corrected chi connectivity index (χ0v) is 31.3. The first kappa shape index (κ1) is 41.9. The maximum Gasteiger partial charge on any atom is 0.432 e. The molecule has 4 aromatic rings. The van der Waals surface area contributed by atoms with Crippen LogP contribution in [0.15, 0.2) is 84.9 Å². The van der Waals surface area contributed by atoms with Crippen molar-refractivity contribution in [2.75, 3.05) is 6.61 Å². The summed E-state index contributed by atoms with van der Waals surface area (Å²) in [4.78, 5) is 38.0. The molecule has 0 spiro atoms. The first-order chi connectivity index (χ1) is 26.1. The molecule has 10 heteroatoms. The summed E-state index contributed by atoms with van der Waals surface area (Å²) in [6, 6.07) is 21.5. The van der Waals surface area contributed by atoms with Gasteiger partial charge in [-0.25, -0.2) is 18.8 Å². The van der Waals surface area contributed by atoms with Gasteiger partial charge >= 0.3 is 24.0 Å². The molecular formula is C44H51F3O7. The lowest BCUT2D eigenvalue weighted by molar-refractivity contribution is -0.240. The summed E-state index contributed by atoms with van der Waals surface area (Å²) < 4.78 is 63.7. The fourth-order valence-corrected chi connectivity index (χ4v) is 5.86. The number of carbonyl (C=O) groups excluding carboxylic acids is 3. The van der Waals surface area contributed by atoms with Crippen molar-refractivity contribution in [1.29, 1.82) is 0 Å². The molecule has 4 rings (SSSR count). The zero-order chi connectivity index (χ0) is 38.8. The molecule has 0 bridgehead atoms. The van der Waals surface area contributed by atoms with Crippen LogP contribution in [0.5, 0.6) is 17.2 Å². The molecule has 4 aromatic carbocycles. The molecule has 290 valence electrons. The summed E-state index contributed by atoms with van der Waals surface area (Å²) in [6.45, 7) is 4.91. The first-order valence-electron chi connectivity index (χ1n) is 19.2. The van der Waals surface area contributed by atoms with E-state index in [4.69, 9.17) is 14.2 Å². The van der Waals surface area contributed by atoms with Crippen LogP contribution in [0.3, 0.4) is 0 Å². The second-order valence-electron chi connectivity index (χ2n) is 13.5. The summed E-state index contributed by atoms with van der Waals surface area (Å²) >= 11 is 0. The third-order valence-corrected chi connectivity index (χ3v) is 9.07. The van der Waals surface area contributed by atoms with Gasteiger partial charge in [-0.15, -0.1) is 0 Å². The minimum absolute atomic E-state index is 0.0601. The number of rotatable bonds is 23. The third-order valence-electron chi connectivity index (χ3n) is 9.07. The molecule has 1 unspecified atom stereocenters. The fourth-order valence-electron chi connectivity index (χ4n) is 5.86. The molecule has 0 saturated carbocycles. The van der Waals surface area contributed by atoms with Crippen molar-refractivity contribution in [1.82, 2.24) is 0 Å². The van der Waals surface area contributed by atoms with Gasteiger partial charge in [0, 0.05) is 0 Å². The van der Waals surface area contributed by atoms with E-state index < -0.39 is 36.6 Å². The minimum atomic E-state index is -4.27. The van der Waals surface area contributed by atoms with Gasteiger partial charge in [-0.3, -0.25) is 0 Å². The third kappa shape index (κ3) is 13.5. The number of carbonyl (C=O) groups is 3. The molecule has 0 saturated heterocycles. The van der Waals surface area contributed by atoms with Crippen LogP contribution in [0.25, 0.3) is 10.8 Å². The Kier molecular flexibility index (Phi) is 16.9. The second-order valence-corrected chi connectivity index (χ2v) is 13.5. The van der Waals surface area contributed by atoms with Crippen LogP contribution in [-0.2, 0) is 4.74 Å². The zero-order valence-electron chi connectivity index (χ0n) is 31.3. The SMILES string of the molecule is CCCCCCCCCOc1ccc(C(=O)Oc2ccc3cc(C(=O)Oc4ccc(C(=O)OC(F)(F)C(F)CCCCCCCC)cc4)ccc3c2)cc1. The average molecular weight is 749 g/mol. The molecule has 1 atom stereocenters. The summed E-state index contributed by atoms with van der Waals surface area (Å²) in [5, 5.41) is 1.40. The topological polar surface area (TPSA) is 88.1 Å². The smallest absolute Gasteiger partial charge is 0.432 e. The van der Waals surface area contributed by atoms with Crippen LogP contribution in [0, 0.1) is 0 Å². The van der Waals surface area contributed by atoms with Crippen LogP contribution >= 0.6 is 0 Å². The van der Waals surface area contributed by atoms with Gasteiger partial charge in [0.2, 0.25) is 6.17 Å². The van der Waals surface area contributed by atoms with Crippen LogP contribution in [0.4, 0.5) is 13.2 Å². The highest BCUT2D eigenvalue weighted by atomic mass is 19.3. The highest BCUT2D eigenvalue weighted by molar-refractivity contribution is 5.97. The van der Waals surface area contributed by atoms with Gasteiger partial charge in [0.1, 0.15) is 17.2 Å². The molecule has 0 heterocycles. The Bertz CT molecular complexity index is 1770. The Morgan fingerprint density at radius 1 is 0.537 bits per heavy atom. The summed E-state index contributed by atoms with van der Waals surface area (Å²) in [7, 11) is 0. The Labute approximate surface area is 316 Å². The molecule has 0 N–H and O–H groups in total. The highest BCUT2D eigenvalue weighted by Crippen LogP contribution is 2.29. The van der Waals surface area contributed by atoms with Gasteiger partial charge in [-0.2, -0.15) is 8.78 Å². The number of fused-ring (bicyclic) bond motifs is 1. The molecule has 54 heavy (non-hydrogen) atoms. The molecule has 0 aliphatic carbocycles. The van der Waals surface area contributed by atoms with Crippen LogP contribution in [0.2, 0.25) is 0 Å². The molecule has 0 amide bonds. The normalized spacial score (nSPS) is 11.9. The Morgan fingerprint density at radius 2 is 1.00 bits per heavy atom. The number of unbranched alkanes of at least 4 members (excludes halogenated alkanes) is 11. The highest BCUT2D eigenvalue weighted by Gasteiger charge is 2.44. The van der Waals surface area contributed by atoms with Crippen molar-refractivity contribution < 1.29 is 46.5 Å². The summed E-state index contributed by atoms with van der Waals surface area (Å²) in [5.41, 5.74) is 0.360. The lowest BCUT2D eigenvalue weighted by Crippen LogP contribution is -2.35. The lowest BCUT2D eigenvalue weighted by Gasteiger charge is -2.20. The molecule has 0 aromatic heterocycles. The number of hydrogen-bond acceptors (Lipinski definition) is 7. The van der Waals surface area contributed by atoms with E-state index in [0.29, 0.717) is 40.9 Å². The van der Waals surface area contributed by atoms with E-state index >= 15 is 0 Å². The van der Waals surface area contributed by atoms with Gasteiger partial charge < -0.3 is 18.9 Å². The van der Waals surface area contributed by atoms with E-state index in [1.54, 1.807) is 60.7 Å². The Balaban J connectivity index is 1.23. The monoisotopic (exact) mass is 748 g/mol. The van der Waals surface area contributed by atoms with Crippen molar-refractivity contribution >= 4 is 28.7 Å². The number of hydrogen-bond donors (Lipinski definition) is 0. The van der Waals surface area contributed by atoms with E-state index in [-0.39, 0.29) is 23.3 Å². The van der Waals surface area contributed by atoms with E-state index in [9.17, 15) is 27.6 Å². The van der Waals surface area contributed by atoms with Gasteiger partial charge in [0.15, 0.2) is 0 Å². The van der Waals surface area contributed by atoms with Gasteiger partial charge in [-0.1, -0.05) is 103 Å². The maximum atomic E-state index is 14.3. The predicted octanol–water partition coefficient (Wildman–Crippen LogP) is 12.2. The van der Waals surface area contributed by atoms with E-state index in [0.717, 1.165) is 50.7 Å². The van der Waals surface area contributed by atoms with E-state index in [1.807, 2.05) is 0 Å². The predicted molar refractivity (Wildman–Crippen MR) is 203 cm³/mol. The summed E-state index contributed by atoms with van der Waals surface area (Å²) in [6.07, 6.45) is 5.96. The molecule has 0 aliphatic rings. The van der Waals surface area contributed by atoms with Gasteiger partial charge in [-0.05, 0) is 96.4 Å². The number of ether oxygens (including phenoxy) is 4. The van der Waals surface area contributed by atoms with Gasteiger partial charge in [0.25, 0.3) is 0 Å². The molecule has 7 nitrogen and oxygen atoms in total. The van der Waals surface area contributed by atoms with Crippen molar-refractivity contribution in [2.45, 2.75) is 116 Å². The maximum absolute atomic E-state index is 14.3. The minimum Gasteiger partial charge on any atom is -0.494 e. The first-order valence-corrected chi connectivity index (χ1v) is 19.2. The average Bonchev–Trinajstić information content (AvgIpc) is 3.17. The number of alkyl halides is 3. The van der Waals surface area contributed by atoms with Crippen molar-refractivity contribution in [2.24, 2.45) is 0 Å². The summed E-state index contributed by atoms with van der Waals surface area (Å²) in [5.74, 6) is -1.51. The molecule has 0 fully saturated rings. The van der Waals surface area contributed by atoms with Crippen molar-refractivity contribution in [3.63, 3.8) is 0 Å². The lowest BCUT2D eigenvalue weighted by atomic mass is 10.1. The standard InChI is InChI=1S/C44H51F3O7/c1-3-5-7-9-11-13-15-29-51-37-24-19-32(20-25-37)41(48)53-39-28-23-34-30-36(18-17-35(34)31-39)42(49)52-38-26-21-33(22-27-38)43(50)54-44(46,47)40(45)16-14-12-10-8-6-4-2/h17-28,30-31,40H,3-16,29H2,1-2H3. The van der Waals surface area contributed by atoms with Crippen molar-refractivity contribution in [3.05, 3.63) is 102 Å². The van der Waals surface area contributed by atoms with Crippen LogP contribution in [-0.4, -0.2) is 36.8 Å². The number of esters is 3. The van der Waals surface area contributed by atoms with Crippen LogP contribution in [0.1, 0.15) is 135 Å².